The van der Waals surface area contributed by atoms with Crippen molar-refractivity contribution >= 4 is 0 Å². The van der Waals surface area contributed by atoms with Gasteiger partial charge in [-0.15, -0.1) is 0 Å². The van der Waals surface area contributed by atoms with Crippen LogP contribution in [-0.4, -0.2) is 20.0 Å². The summed E-state index contributed by atoms with van der Waals surface area (Å²) in [6, 6.07) is 0. The van der Waals surface area contributed by atoms with Gasteiger partial charge in [-0.1, -0.05) is 0 Å². The van der Waals surface area contributed by atoms with Crippen LogP contribution in [0.15, 0.2) is 31.1 Å². The second-order valence-corrected chi connectivity index (χ2v) is 2.57. The van der Waals surface area contributed by atoms with Gasteiger partial charge in [-0.3, -0.25) is 0 Å². The van der Waals surface area contributed by atoms with E-state index >= 15 is 0 Å². The molecule has 0 fully saturated rings. The van der Waals surface area contributed by atoms with E-state index in [1.807, 2.05) is 17.8 Å². The number of imidazole rings is 1. The van der Waals surface area contributed by atoms with Gasteiger partial charge in [-0.2, -0.15) is 15.4 Å². The lowest BCUT2D eigenvalue weighted by Gasteiger charge is -1.81. The minimum Gasteiger partial charge on any atom is -0.240 e. The molecule has 0 radical (unpaired) electrons. The fourth-order valence-corrected chi connectivity index (χ4v) is 0.855. The predicted molar refractivity (Wildman–Crippen MR) is 47.7 cm³/mol. The number of aromatic amines is 1. The van der Waals surface area contributed by atoms with Crippen molar-refractivity contribution in [3.63, 3.8) is 0 Å². The quantitative estimate of drug-likeness (QED) is 0.634. The molecule has 0 atom stereocenters. The van der Waals surface area contributed by atoms with Crippen LogP contribution in [0.5, 0.6) is 0 Å². The lowest BCUT2D eigenvalue weighted by atomic mass is 10.7. The normalized spacial score (nSPS) is 9.08. The summed E-state index contributed by atoms with van der Waals surface area (Å²) in [7, 11) is 2.02. The molecule has 0 unspecified atom stereocenters. The lowest BCUT2D eigenvalue weighted by molar-refractivity contribution is -0.671. The molecule has 13 heavy (non-hydrogen) atoms. The fraction of sp³-hybridized carbons (Fsp3) is 0.375. The maximum Gasteiger partial charge on any atom is 0.243 e. The monoisotopic (exact) mass is 180 g/mol. The van der Waals surface area contributed by atoms with E-state index in [0.717, 1.165) is 6.54 Å². The van der Waals surface area contributed by atoms with Crippen LogP contribution >= 0.6 is 0 Å². The predicted octanol–water partition coefficient (Wildman–Crippen LogP) is 0.137. The third-order valence-corrected chi connectivity index (χ3v) is 1.52. The molecule has 2 heterocycles. The third kappa shape index (κ3) is 3.50. The van der Waals surface area contributed by atoms with Crippen molar-refractivity contribution in [1.82, 2.24) is 20.0 Å². The van der Waals surface area contributed by atoms with E-state index in [9.17, 15) is 0 Å². The van der Waals surface area contributed by atoms with E-state index in [-0.39, 0.29) is 0 Å². The number of H-pyrrole nitrogens is 1. The SMILES string of the molecule is CCn1cc[n+](C)c1.c1cn[nH]n1. The largest absolute Gasteiger partial charge is 0.243 e. The molecule has 5 nitrogen and oxygen atoms in total. The molecule has 0 spiro atoms. The highest BCUT2D eigenvalue weighted by molar-refractivity contribution is 4.63. The van der Waals surface area contributed by atoms with Gasteiger partial charge in [-0.05, 0) is 6.92 Å². The second kappa shape index (κ2) is 5.08. The Kier molecular flexibility index (Phi) is 3.69. The van der Waals surface area contributed by atoms with Gasteiger partial charge in [0.15, 0.2) is 0 Å². The molecule has 2 aromatic rings. The number of hydrogen-bond donors (Lipinski definition) is 1. The molecule has 0 amide bonds. The van der Waals surface area contributed by atoms with Gasteiger partial charge < -0.3 is 0 Å². The van der Waals surface area contributed by atoms with Crippen LogP contribution in [0.1, 0.15) is 6.92 Å². The maximum atomic E-state index is 3.49. The highest BCUT2D eigenvalue weighted by Gasteiger charge is 1.92. The Labute approximate surface area is 77.0 Å². The van der Waals surface area contributed by atoms with Gasteiger partial charge in [0.1, 0.15) is 12.4 Å². The van der Waals surface area contributed by atoms with E-state index in [4.69, 9.17) is 0 Å². The molecule has 0 aliphatic heterocycles. The van der Waals surface area contributed by atoms with E-state index in [2.05, 4.69) is 39.4 Å². The molecule has 70 valence electrons. The van der Waals surface area contributed by atoms with Crippen LogP contribution in [-0.2, 0) is 13.6 Å². The topological polar surface area (TPSA) is 50.4 Å². The summed E-state index contributed by atoms with van der Waals surface area (Å²) in [4.78, 5) is 0. The molecule has 1 N–H and O–H groups in total. The lowest BCUT2D eigenvalue weighted by Crippen LogP contribution is -2.23. The van der Waals surface area contributed by atoms with Gasteiger partial charge in [0.25, 0.3) is 0 Å². The Morgan fingerprint density at radius 3 is 2.31 bits per heavy atom. The Morgan fingerprint density at radius 2 is 2.08 bits per heavy atom. The van der Waals surface area contributed by atoms with Crippen molar-refractivity contribution in [2.75, 3.05) is 0 Å². The first-order chi connectivity index (χ1) is 6.33. The molecule has 5 heteroatoms. The van der Waals surface area contributed by atoms with Gasteiger partial charge in [0.2, 0.25) is 6.33 Å². The number of rotatable bonds is 1. The summed E-state index contributed by atoms with van der Waals surface area (Å²) >= 11 is 0. The van der Waals surface area contributed by atoms with Gasteiger partial charge in [-0.25, -0.2) is 9.13 Å². The highest BCUT2D eigenvalue weighted by Crippen LogP contribution is 1.79. The molecule has 0 saturated heterocycles. The number of nitrogens with zero attached hydrogens (tertiary/aromatic N) is 4. The van der Waals surface area contributed by atoms with Crippen LogP contribution in [0.3, 0.4) is 0 Å². The minimum atomic E-state index is 1.06. The van der Waals surface area contributed by atoms with Gasteiger partial charge >= 0.3 is 0 Å². The first-order valence-electron chi connectivity index (χ1n) is 4.13. The van der Waals surface area contributed by atoms with E-state index < -0.39 is 0 Å². The highest BCUT2D eigenvalue weighted by atomic mass is 15.3. The van der Waals surface area contributed by atoms with E-state index in [1.165, 1.54) is 0 Å². The average Bonchev–Trinajstić information content (AvgIpc) is 2.76. The number of nitrogens with one attached hydrogen (secondary N) is 1. The third-order valence-electron chi connectivity index (χ3n) is 1.52. The van der Waals surface area contributed by atoms with Crippen molar-refractivity contribution in [1.29, 1.82) is 0 Å². The zero-order chi connectivity index (χ0) is 9.52. The summed E-state index contributed by atoms with van der Waals surface area (Å²) in [6.45, 7) is 3.18. The number of aryl methyl sites for hydroxylation is 2. The Balaban J connectivity index is 0.000000145. The summed E-state index contributed by atoms with van der Waals surface area (Å²) in [5, 5.41) is 9.33. The van der Waals surface area contributed by atoms with Crippen LogP contribution in [0.25, 0.3) is 0 Å². The molecule has 0 saturated carbocycles. The Morgan fingerprint density at radius 1 is 1.38 bits per heavy atom. The van der Waals surface area contributed by atoms with Crippen LogP contribution in [0, 0.1) is 0 Å². The van der Waals surface area contributed by atoms with E-state index in [1.54, 1.807) is 12.4 Å². The van der Waals surface area contributed by atoms with Gasteiger partial charge in [0, 0.05) is 0 Å². The van der Waals surface area contributed by atoms with Crippen molar-refractivity contribution in [3.05, 3.63) is 31.1 Å². The summed E-state index contributed by atoms with van der Waals surface area (Å²) in [6.07, 6.45) is 9.31. The smallest absolute Gasteiger partial charge is 0.240 e. The number of hydrogen-bond acceptors (Lipinski definition) is 2. The number of aromatic nitrogens is 5. The molecular formula is C8H14N5+. The first-order valence-corrected chi connectivity index (χ1v) is 4.13. The van der Waals surface area contributed by atoms with E-state index in [0.29, 0.717) is 0 Å². The second-order valence-electron chi connectivity index (χ2n) is 2.57. The summed E-state index contributed by atoms with van der Waals surface area (Å²) < 4.78 is 4.16. The summed E-state index contributed by atoms with van der Waals surface area (Å²) in [5.41, 5.74) is 0. The van der Waals surface area contributed by atoms with Crippen LogP contribution in [0.4, 0.5) is 0 Å². The first kappa shape index (κ1) is 9.44. The van der Waals surface area contributed by atoms with Crippen molar-refractivity contribution in [3.8, 4) is 0 Å². The van der Waals surface area contributed by atoms with Crippen molar-refractivity contribution in [2.45, 2.75) is 13.5 Å². The standard InChI is InChI=1S/C6H11N2.C2H3N3/c1-3-8-5-4-7(2)6-8;1-2-4-5-3-1/h4-6H,3H2,1-2H3;1-2H,(H,3,4,5)/q+1;. The van der Waals surface area contributed by atoms with Crippen LogP contribution < -0.4 is 4.57 Å². The average molecular weight is 180 g/mol. The molecule has 2 rings (SSSR count). The van der Waals surface area contributed by atoms with Crippen molar-refractivity contribution < 1.29 is 4.57 Å². The molecule has 0 aliphatic rings. The Hall–Kier alpha value is -1.65. The molecule has 2 aromatic heterocycles. The Bertz CT molecular complexity index is 294. The molecule has 0 aromatic carbocycles. The minimum absolute atomic E-state index is 1.06. The zero-order valence-corrected chi connectivity index (χ0v) is 7.88. The zero-order valence-electron chi connectivity index (χ0n) is 7.88. The van der Waals surface area contributed by atoms with Crippen LogP contribution in [0.2, 0.25) is 0 Å². The molecular weight excluding hydrogens is 166 g/mol. The maximum absolute atomic E-state index is 3.49. The fourth-order valence-electron chi connectivity index (χ4n) is 0.855. The summed E-state index contributed by atoms with van der Waals surface area (Å²) in [5.74, 6) is 0. The molecule has 0 aliphatic carbocycles. The van der Waals surface area contributed by atoms with Crippen molar-refractivity contribution in [2.24, 2.45) is 7.05 Å². The van der Waals surface area contributed by atoms with Gasteiger partial charge in [0.05, 0.1) is 26.0 Å². The molecule has 0 bridgehead atoms.